The van der Waals surface area contributed by atoms with Gasteiger partial charge in [0.2, 0.25) is 0 Å². The molecule has 8 heteroatoms. The van der Waals surface area contributed by atoms with Gasteiger partial charge in [0.25, 0.3) is 11.7 Å². The second-order valence-electron chi connectivity index (χ2n) is 9.70. The van der Waals surface area contributed by atoms with Crippen LogP contribution in [0.2, 0.25) is 0 Å². The number of nitrogens with zero attached hydrogens (tertiary/aromatic N) is 1. The number of hydrogen-bond donors (Lipinski definition) is 1. The predicted octanol–water partition coefficient (Wildman–Crippen LogP) is 6.66. The number of Topliss-reactive ketones (excluding diaryl/α,β-unsaturated/α-hetero) is 1. The van der Waals surface area contributed by atoms with Crippen LogP contribution in [0.1, 0.15) is 68.9 Å². The highest BCUT2D eigenvalue weighted by Gasteiger charge is 2.46. The van der Waals surface area contributed by atoms with Gasteiger partial charge in [0, 0.05) is 5.56 Å². The summed E-state index contributed by atoms with van der Waals surface area (Å²) in [6.07, 6.45) is 6.47. The summed E-state index contributed by atoms with van der Waals surface area (Å²) in [5.74, 6) is 0.366. The fraction of sp³-hybridized carbons (Fsp3) is 0.375. The molecule has 1 amide bonds. The largest absolute Gasteiger partial charge is 0.507 e. The third-order valence-corrected chi connectivity index (χ3v) is 6.83. The van der Waals surface area contributed by atoms with E-state index in [0.29, 0.717) is 47.3 Å². The minimum Gasteiger partial charge on any atom is -0.507 e. The number of furan rings is 1. The van der Waals surface area contributed by atoms with Crippen LogP contribution < -0.4 is 14.2 Å². The molecule has 3 aromatic rings. The lowest BCUT2D eigenvalue weighted by Crippen LogP contribution is -2.29. The van der Waals surface area contributed by atoms with Crippen molar-refractivity contribution in [1.29, 1.82) is 0 Å². The molecule has 2 heterocycles. The lowest BCUT2D eigenvalue weighted by molar-refractivity contribution is -0.140. The Kier molecular flexibility index (Phi) is 9.89. The summed E-state index contributed by atoms with van der Waals surface area (Å²) in [6.45, 7) is 5.35. The second-order valence-corrected chi connectivity index (χ2v) is 9.70. The Morgan fingerprint density at radius 1 is 0.925 bits per heavy atom. The van der Waals surface area contributed by atoms with E-state index in [9.17, 15) is 14.7 Å². The SMILES string of the molecule is CCCCCOc1ccc(C2/C(=C(\O)c3cccc(OCCCC)c3)C(=O)C(=O)N2Cc2ccco2)cc1OC. The van der Waals surface area contributed by atoms with Crippen molar-refractivity contribution in [3.8, 4) is 17.2 Å². The minimum absolute atomic E-state index is 0.0130. The minimum atomic E-state index is -0.877. The summed E-state index contributed by atoms with van der Waals surface area (Å²) in [4.78, 5) is 28.2. The standard InChI is InChI=1S/C32H37NO7/c1-4-6-8-17-40-26-15-14-22(20-27(26)37-3)29-28(31(35)32(36)33(29)21-25-13-10-18-39-25)30(34)23-11-9-12-24(19-23)38-16-7-5-2/h9-15,18-20,29,34H,4-8,16-17,21H2,1-3H3/b30-28+. The van der Waals surface area contributed by atoms with Crippen LogP contribution >= 0.6 is 0 Å². The first-order valence-corrected chi connectivity index (χ1v) is 13.8. The zero-order chi connectivity index (χ0) is 28.5. The first kappa shape index (κ1) is 28.8. The number of rotatable bonds is 14. The third kappa shape index (κ3) is 6.50. The van der Waals surface area contributed by atoms with Gasteiger partial charge in [-0.05, 0) is 54.8 Å². The van der Waals surface area contributed by atoms with Crippen molar-refractivity contribution in [3.05, 3.63) is 83.3 Å². The molecule has 0 spiro atoms. The molecule has 4 rings (SSSR count). The van der Waals surface area contributed by atoms with E-state index in [2.05, 4.69) is 13.8 Å². The average molecular weight is 548 g/mol. The molecule has 1 fully saturated rings. The maximum atomic E-state index is 13.4. The van der Waals surface area contributed by atoms with Gasteiger partial charge in [-0.2, -0.15) is 0 Å². The summed E-state index contributed by atoms with van der Waals surface area (Å²) in [6, 6.07) is 14.8. The van der Waals surface area contributed by atoms with E-state index in [1.807, 2.05) is 0 Å². The van der Waals surface area contributed by atoms with E-state index in [-0.39, 0.29) is 17.9 Å². The normalized spacial score (nSPS) is 16.4. The van der Waals surface area contributed by atoms with Crippen molar-refractivity contribution in [2.45, 2.75) is 58.5 Å². The molecular weight excluding hydrogens is 510 g/mol. The van der Waals surface area contributed by atoms with Crippen molar-refractivity contribution in [1.82, 2.24) is 4.90 Å². The zero-order valence-corrected chi connectivity index (χ0v) is 23.4. The van der Waals surface area contributed by atoms with Crippen LogP contribution in [0.25, 0.3) is 5.76 Å². The molecule has 1 aliphatic heterocycles. The van der Waals surface area contributed by atoms with Crippen molar-refractivity contribution in [2.75, 3.05) is 20.3 Å². The molecule has 40 heavy (non-hydrogen) atoms. The molecule has 1 atom stereocenters. The highest BCUT2D eigenvalue weighted by molar-refractivity contribution is 6.46. The molecule has 2 aromatic carbocycles. The number of aliphatic hydroxyl groups excluding tert-OH is 1. The van der Waals surface area contributed by atoms with E-state index in [0.717, 1.165) is 32.1 Å². The maximum absolute atomic E-state index is 13.4. The predicted molar refractivity (Wildman–Crippen MR) is 151 cm³/mol. The van der Waals surface area contributed by atoms with Crippen LogP contribution in [0, 0.1) is 0 Å². The molecule has 0 aliphatic carbocycles. The topological polar surface area (TPSA) is 98.4 Å². The number of unbranched alkanes of at least 4 members (excludes halogenated alkanes) is 3. The van der Waals surface area contributed by atoms with E-state index in [4.69, 9.17) is 18.6 Å². The second kappa shape index (κ2) is 13.7. The lowest BCUT2D eigenvalue weighted by Gasteiger charge is -2.25. The number of methoxy groups -OCH3 is 1. The lowest BCUT2D eigenvalue weighted by atomic mass is 9.95. The molecule has 1 aromatic heterocycles. The Bertz CT molecular complexity index is 1330. The molecule has 0 radical (unpaired) electrons. The van der Waals surface area contributed by atoms with Gasteiger partial charge in [-0.25, -0.2) is 0 Å². The van der Waals surface area contributed by atoms with Gasteiger partial charge in [-0.15, -0.1) is 0 Å². The van der Waals surface area contributed by atoms with Crippen LogP contribution in [-0.4, -0.2) is 42.0 Å². The van der Waals surface area contributed by atoms with Gasteiger partial charge in [-0.3, -0.25) is 9.59 Å². The molecule has 1 aliphatic rings. The number of carbonyl (C=O) groups is 2. The first-order chi connectivity index (χ1) is 19.5. The van der Waals surface area contributed by atoms with Gasteiger partial charge in [0.05, 0.1) is 44.7 Å². The molecule has 0 bridgehead atoms. The number of aliphatic hydroxyl groups is 1. The van der Waals surface area contributed by atoms with E-state index < -0.39 is 17.7 Å². The number of likely N-dealkylation sites (tertiary alicyclic amines) is 1. The Hall–Kier alpha value is -4.20. The molecule has 1 N–H and O–H groups in total. The fourth-order valence-electron chi connectivity index (χ4n) is 4.69. The Morgan fingerprint density at radius 2 is 1.73 bits per heavy atom. The summed E-state index contributed by atoms with van der Waals surface area (Å²) in [5.41, 5.74) is 0.971. The van der Waals surface area contributed by atoms with Gasteiger partial charge >= 0.3 is 0 Å². The molecule has 8 nitrogen and oxygen atoms in total. The number of ketones is 1. The molecule has 1 unspecified atom stereocenters. The first-order valence-electron chi connectivity index (χ1n) is 13.8. The molecule has 212 valence electrons. The van der Waals surface area contributed by atoms with Crippen molar-refractivity contribution in [2.24, 2.45) is 0 Å². The number of carbonyl (C=O) groups excluding carboxylic acids is 2. The fourth-order valence-corrected chi connectivity index (χ4v) is 4.69. The van der Waals surface area contributed by atoms with Crippen LogP contribution in [0.5, 0.6) is 17.2 Å². The van der Waals surface area contributed by atoms with E-state index in [1.54, 1.807) is 61.7 Å². The smallest absolute Gasteiger partial charge is 0.296 e. The highest BCUT2D eigenvalue weighted by atomic mass is 16.5. The number of hydrogen-bond acceptors (Lipinski definition) is 7. The van der Waals surface area contributed by atoms with Crippen molar-refractivity contribution >= 4 is 17.4 Å². The van der Waals surface area contributed by atoms with Crippen LogP contribution in [0.3, 0.4) is 0 Å². The van der Waals surface area contributed by atoms with Crippen LogP contribution in [0.15, 0.2) is 70.9 Å². The number of benzene rings is 2. The molecule has 0 saturated carbocycles. The van der Waals surface area contributed by atoms with Gasteiger partial charge in [-0.1, -0.05) is 51.3 Å². The summed E-state index contributed by atoms with van der Waals surface area (Å²) in [5, 5.41) is 11.5. The van der Waals surface area contributed by atoms with Crippen molar-refractivity contribution < 1.29 is 33.3 Å². The molecule has 1 saturated heterocycles. The van der Waals surface area contributed by atoms with E-state index >= 15 is 0 Å². The Balaban J connectivity index is 1.76. The number of amides is 1. The zero-order valence-electron chi connectivity index (χ0n) is 23.4. The highest BCUT2D eigenvalue weighted by Crippen LogP contribution is 2.43. The molecular formula is C32H37NO7. The van der Waals surface area contributed by atoms with Gasteiger partial charge in [0.1, 0.15) is 17.3 Å². The number of ether oxygens (including phenoxy) is 3. The maximum Gasteiger partial charge on any atom is 0.296 e. The Labute approximate surface area is 235 Å². The quantitative estimate of drug-likeness (QED) is 0.104. The summed E-state index contributed by atoms with van der Waals surface area (Å²) >= 11 is 0. The van der Waals surface area contributed by atoms with Crippen LogP contribution in [0.4, 0.5) is 0 Å². The van der Waals surface area contributed by atoms with Gasteiger partial charge in [0.15, 0.2) is 11.5 Å². The summed E-state index contributed by atoms with van der Waals surface area (Å²) in [7, 11) is 1.54. The third-order valence-electron chi connectivity index (χ3n) is 6.83. The average Bonchev–Trinajstić information content (AvgIpc) is 3.58. The monoisotopic (exact) mass is 547 g/mol. The Morgan fingerprint density at radius 3 is 2.45 bits per heavy atom. The van der Waals surface area contributed by atoms with Gasteiger partial charge < -0.3 is 28.6 Å². The van der Waals surface area contributed by atoms with E-state index in [1.165, 1.54) is 11.2 Å². The van der Waals surface area contributed by atoms with Crippen LogP contribution in [-0.2, 0) is 16.1 Å². The summed E-state index contributed by atoms with van der Waals surface area (Å²) < 4.78 is 22.8. The van der Waals surface area contributed by atoms with Crippen molar-refractivity contribution in [3.63, 3.8) is 0 Å².